The second kappa shape index (κ2) is 43.6. The molecule has 0 saturated carbocycles. The van der Waals surface area contributed by atoms with Crippen LogP contribution in [0.1, 0.15) is 64.5 Å². The molecule has 0 N–H and O–H groups in total. The third-order valence-corrected chi connectivity index (χ3v) is 0.408. The van der Waals surface area contributed by atoms with E-state index in [1.807, 2.05) is 27.7 Å². The molecule has 0 aliphatic heterocycles. The van der Waals surface area contributed by atoms with Gasteiger partial charge in [-0.05, 0) is 0 Å². The van der Waals surface area contributed by atoms with Gasteiger partial charge in [0.2, 0.25) is 0 Å². The maximum Gasteiger partial charge on any atom is 0.0264 e. The Labute approximate surface area is 65.5 Å². The van der Waals surface area contributed by atoms with E-state index in [4.69, 9.17) is 2.74 Å². The second-order valence-corrected chi connectivity index (χ2v) is 1.39. The van der Waals surface area contributed by atoms with Crippen molar-refractivity contribution in [3.8, 4) is 0 Å². The molecule has 0 heteroatoms. The van der Waals surface area contributed by atoms with Crippen molar-refractivity contribution in [2.45, 2.75) is 61.8 Å². The highest BCUT2D eigenvalue weighted by Crippen LogP contribution is 1.76. The quantitative estimate of drug-likeness (QED) is 0.498. The minimum Gasteiger partial charge on any atom is -0.0776 e. The molecule has 0 heterocycles. The van der Waals surface area contributed by atoms with Gasteiger partial charge in [0.15, 0.2) is 0 Å². The molecule has 1 unspecified atom stereocenters. The zero-order valence-electron chi connectivity index (χ0n) is 7.86. The van der Waals surface area contributed by atoms with Gasteiger partial charge in [0.05, 0.1) is 0 Å². The maximum absolute atomic E-state index is 6.83. The third-order valence-electron chi connectivity index (χ3n) is 0.408. The summed E-state index contributed by atoms with van der Waals surface area (Å²) in [7, 11) is 0. The average molecular weight is 136 g/mol. The van der Waals surface area contributed by atoms with E-state index in [0.717, 1.165) is 6.42 Å². The van der Waals surface area contributed by atoms with Crippen molar-refractivity contribution >= 4 is 0 Å². The molecule has 0 aromatic heterocycles. The summed E-state index contributed by atoms with van der Waals surface area (Å²) in [5.41, 5.74) is 0. The first-order valence-electron chi connectivity index (χ1n) is 4.00. The van der Waals surface area contributed by atoms with E-state index in [1.165, 1.54) is 0 Å². The summed E-state index contributed by atoms with van der Waals surface area (Å²) < 4.78 is 13.4. The summed E-state index contributed by atoms with van der Waals surface area (Å²) >= 11 is 0. The zero-order chi connectivity index (χ0) is 7.86. The minimum absolute atomic E-state index is 0. The van der Waals surface area contributed by atoms with Crippen molar-refractivity contribution < 1.29 is 2.74 Å². The second-order valence-electron chi connectivity index (χ2n) is 1.39. The van der Waals surface area contributed by atoms with Gasteiger partial charge < -0.3 is 0 Å². The van der Waals surface area contributed by atoms with Gasteiger partial charge in [0, 0.05) is 2.74 Å². The normalized spacial score (nSPS) is 12.6. The third kappa shape index (κ3) is 288. The van der Waals surface area contributed by atoms with Crippen molar-refractivity contribution in [2.75, 3.05) is 0 Å². The first-order valence-corrected chi connectivity index (χ1v) is 2.85. The molecule has 0 amide bonds. The highest BCUT2D eigenvalue weighted by atomic mass is 13.6. The first kappa shape index (κ1) is 11.8. The summed E-state index contributed by atoms with van der Waals surface area (Å²) in [5.74, 6) is 0. The van der Waals surface area contributed by atoms with Crippen molar-refractivity contribution in [2.24, 2.45) is 0 Å². The topological polar surface area (TPSA) is 0 Å². The molecule has 9 heavy (non-hydrogen) atoms. The fourth-order valence-corrected chi connectivity index (χ4v) is 0. The zero-order valence-corrected chi connectivity index (χ0v) is 5.86. The number of hydrogen-bond acceptors (Lipinski definition) is 0. The molecule has 1 atom stereocenters. The number of hydrogen-bond donors (Lipinski definition) is 0. The molecule has 0 radical (unpaired) electrons. The van der Waals surface area contributed by atoms with Crippen molar-refractivity contribution in [3.05, 3.63) is 0 Å². The van der Waals surface area contributed by atoms with Crippen LogP contribution in [0.15, 0.2) is 0 Å². The van der Waals surface area contributed by atoms with E-state index < -0.39 is 0 Å². The van der Waals surface area contributed by atoms with Gasteiger partial charge in [-0.15, -0.1) is 0 Å². The largest absolute Gasteiger partial charge is 0.0776 e. The number of rotatable bonds is 1. The smallest absolute Gasteiger partial charge is 0.0264 e. The highest BCUT2D eigenvalue weighted by Gasteiger charge is 1.56. The predicted octanol–water partition coefficient (Wildman–Crippen LogP) is 4.49. The lowest BCUT2D eigenvalue weighted by atomic mass is 10.4. The lowest BCUT2D eigenvalue weighted by molar-refractivity contribution is 0.886. The summed E-state index contributed by atoms with van der Waals surface area (Å²) in [6.07, 6.45) is 1.19. The maximum atomic E-state index is 6.83. The summed E-state index contributed by atoms with van der Waals surface area (Å²) in [6, 6.07) is 0. The van der Waals surface area contributed by atoms with E-state index in [9.17, 15) is 0 Å². The van der Waals surface area contributed by atoms with E-state index >= 15 is 0 Å². The molecule has 62 valence electrons. The predicted molar refractivity (Wildman–Crippen MR) is 50.0 cm³/mol. The Morgan fingerprint density at radius 1 is 1.00 bits per heavy atom. The van der Waals surface area contributed by atoms with E-state index in [1.54, 1.807) is 0 Å². The fraction of sp³-hybridized carbons (Fsp3) is 1.00. The van der Waals surface area contributed by atoms with Crippen LogP contribution in [0.5, 0.6) is 0 Å². The van der Waals surface area contributed by atoms with Gasteiger partial charge in [0.25, 0.3) is 0 Å². The first-order chi connectivity index (χ1) is 4.00. The van der Waals surface area contributed by atoms with E-state index in [2.05, 4.69) is 0 Å². The Balaban J connectivity index is -0.0000000383. The van der Waals surface area contributed by atoms with Crippen molar-refractivity contribution in [1.29, 1.82) is 0 Å². The van der Waals surface area contributed by atoms with E-state index in [-0.39, 0.29) is 27.6 Å². The molecule has 0 nitrogen and oxygen atoms in total. The summed E-state index contributed by atoms with van der Waals surface area (Å²) in [4.78, 5) is 0. The van der Waals surface area contributed by atoms with Crippen LogP contribution in [-0.2, 0) is 0 Å². The van der Waals surface area contributed by atoms with Crippen LogP contribution in [0.3, 0.4) is 0 Å². The van der Waals surface area contributed by atoms with Crippen LogP contribution in [-0.4, -0.2) is 0 Å². The standard InChI is InChI=1S/C4H10.C3H8.2CH4/c1-3-4-2;1-3-2;;/h3-4H2,1-2H3;3H2,1-2H3;2*1H4/i2*3D;;. The Kier molecular flexibility index (Phi) is 56.9. The molecule has 0 bridgehead atoms. The van der Waals surface area contributed by atoms with Crippen LogP contribution in [0.25, 0.3) is 0 Å². The summed E-state index contributed by atoms with van der Waals surface area (Å²) in [6.45, 7) is 7.57. The lowest BCUT2D eigenvalue weighted by Gasteiger charge is -1.68. The van der Waals surface area contributed by atoms with Gasteiger partial charge in [0.1, 0.15) is 0 Å². The van der Waals surface area contributed by atoms with Crippen LogP contribution in [0, 0.1) is 0 Å². The molecule has 0 aliphatic carbocycles. The molecule has 0 aromatic carbocycles. The SMILES string of the molecule is C.C.[2H]C(C)C.[2H]C(C)CC. The van der Waals surface area contributed by atoms with E-state index in [0.29, 0.717) is 0 Å². The molecule has 0 aromatic rings. The van der Waals surface area contributed by atoms with Crippen LogP contribution in [0.4, 0.5) is 0 Å². The Morgan fingerprint density at radius 3 is 1.11 bits per heavy atom. The molecule has 0 aliphatic rings. The van der Waals surface area contributed by atoms with Gasteiger partial charge in [-0.2, -0.15) is 0 Å². The Bertz CT molecular complexity index is 40.1. The average Bonchev–Trinajstić information content (AvgIpc) is 1.65. The molecule has 0 rings (SSSR count). The molecule has 0 saturated heterocycles. The molecular weight excluding hydrogens is 108 g/mol. The van der Waals surface area contributed by atoms with Gasteiger partial charge in [-0.25, -0.2) is 0 Å². The van der Waals surface area contributed by atoms with Crippen molar-refractivity contribution in [1.82, 2.24) is 0 Å². The van der Waals surface area contributed by atoms with Crippen molar-refractivity contribution in [3.63, 3.8) is 0 Å². The monoisotopic (exact) mass is 136 g/mol. The fourth-order valence-electron chi connectivity index (χ4n) is 0. The molecule has 0 fully saturated rings. The Morgan fingerprint density at radius 2 is 1.11 bits per heavy atom. The molecular formula is C9H26. The van der Waals surface area contributed by atoms with Crippen LogP contribution < -0.4 is 0 Å². The van der Waals surface area contributed by atoms with Gasteiger partial charge >= 0.3 is 0 Å². The Hall–Kier alpha value is 0. The summed E-state index contributed by atoms with van der Waals surface area (Å²) in [5, 5.41) is 0. The van der Waals surface area contributed by atoms with Gasteiger partial charge in [-0.3, -0.25) is 0 Å². The van der Waals surface area contributed by atoms with Crippen LogP contribution in [0.2, 0.25) is 0 Å². The highest BCUT2D eigenvalue weighted by molar-refractivity contribution is 4.12. The molecule has 0 spiro atoms. The van der Waals surface area contributed by atoms with Crippen LogP contribution >= 0.6 is 0 Å². The lowest BCUT2D eigenvalue weighted by Crippen LogP contribution is -1.47. The van der Waals surface area contributed by atoms with Gasteiger partial charge in [-0.1, -0.05) is 61.8 Å². The minimum atomic E-state index is 0.